The minimum Gasteiger partial charge on any atom is -0.325 e. The number of benzene rings is 2. The van der Waals surface area contributed by atoms with E-state index in [9.17, 15) is 19.2 Å². The van der Waals surface area contributed by atoms with Crippen molar-refractivity contribution < 1.29 is 19.2 Å². The Labute approximate surface area is 189 Å². The highest BCUT2D eigenvalue weighted by molar-refractivity contribution is 8.01. The smallest absolute Gasteiger partial charge is 0.322 e. The Morgan fingerprint density at radius 3 is 2.69 bits per heavy atom. The third-order valence-corrected chi connectivity index (χ3v) is 7.55. The topological polar surface area (TPSA) is 108 Å². The van der Waals surface area contributed by atoms with Gasteiger partial charge in [0.1, 0.15) is 12.1 Å². The van der Waals surface area contributed by atoms with Gasteiger partial charge in [0.2, 0.25) is 11.8 Å². The number of urea groups is 1. The van der Waals surface area contributed by atoms with Crippen LogP contribution in [0.15, 0.2) is 47.4 Å². The van der Waals surface area contributed by atoms with Crippen molar-refractivity contribution in [3.63, 3.8) is 0 Å². The Hall–Kier alpha value is -3.33. The Kier molecular flexibility index (Phi) is 4.93. The Bertz CT molecular complexity index is 1170. The lowest BCUT2D eigenvalue weighted by Gasteiger charge is -2.32. The largest absolute Gasteiger partial charge is 0.325 e. The van der Waals surface area contributed by atoms with Crippen LogP contribution in [0.3, 0.4) is 0 Å². The highest BCUT2D eigenvalue weighted by Crippen LogP contribution is 2.40. The first-order valence-corrected chi connectivity index (χ1v) is 11.4. The summed E-state index contributed by atoms with van der Waals surface area (Å²) in [6, 6.07) is 12.6. The fourth-order valence-electron chi connectivity index (χ4n) is 4.57. The number of carbonyl (C=O) groups is 4. The Morgan fingerprint density at radius 1 is 1.16 bits per heavy atom. The van der Waals surface area contributed by atoms with Gasteiger partial charge < -0.3 is 15.5 Å². The number of nitrogens with zero attached hydrogens (tertiary/aromatic N) is 1. The number of fused-ring (bicyclic) bond motifs is 2. The number of amides is 5. The van der Waals surface area contributed by atoms with Gasteiger partial charge in [-0.25, -0.2) is 4.79 Å². The van der Waals surface area contributed by atoms with E-state index >= 15 is 0 Å². The second-order valence-corrected chi connectivity index (χ2v) is 9.53. The lowest BCUT2D eigenvalue weighted by Crippen LogP contribution is -2.47. The molecule has 2 heterocycles. The molecular formula is C23H22N4O4S. The van der Waals surface area contributed by atoms with Crippen LogP contribution in [-0.4, -0.2) is 41.1 Å². The van der Waals surface area contributed by atoms with Crippen LogP contribution in [0.4, 0.5) is 16.2 Å². The van der Waals surface area contributed by atoms with Crippen molar-refractivity contribution in [1.82, 2.24) is 10.6 Å². The SMILES string of the molecule is CCC1Sc2ccccc2N(CC(=O)Nc2ccc3c(c2)CC2(C3)NC(=O)NC2=O)C1=O. The van der Waals surface area contributed by atoms with Gasteiger partial charge in [0.15, 0.2) is 0 Å². The first-order valence-electron chi connectivity index (χ1n) is 10.5. The number of carbonyl (C=O) groups excluding carboxylic acids is 4. The molecule has 0 saturated carbocycles. The molecule has 5 amide bonds. The monoisotopic (exact) mass is 450 g/mol. The zero-order valence-corrected chi connectivity index (χ0v) is 18.3. The third-order valence-electron chi connectivity index (χ3n) is 6.13. The number of nitrogens with one attached hydrogen (secondary N) is 3. The molecule has 0 bridgehead atoms. The minimum absolute atomic E-state index is 0.0646. The van der Waals surface area contributed by atoms with Crippen LogP contribution in [-0.2, 0) is 27.2 Å². The minimum atomic E-state index is -0.946. The number of imide groups is 1. The van der Waals surface area contributed by atoms with E-state index in [0.29, 0.717) is 24.9 Å². The maximum atomic E-state index is 12.9. The molecule has 1 fully saturated rings. The summed E-state index contributed by atoms with van der Waals surface area (Å²) in [5, 5.41) is 7.70. The second-order valence-electron chi connectivity index (χ2n) is 8.28. The normalized spacial score (nSPS) is 23.6. The van der Waals surface area contributed by atoms with Crippen molar-refractivity contribution in [3.05, 3.63) is 53.6 Å². The molecule has 8 nitrogen and oxygen atoms in total. The Morgan fingerprint density at radius 2 is 1.94 bits per heavy atom. The molecule has 2 unspecified atom stereocenters. The number of rotatable bonds is 4. The van der Waals surface area contributed by atoms with E-state index in [1.54, 1.807) is 11.0 Å². The van der Waals surface area contributed by atoms with E-state index in [1.165, 1.54) is 11.8 Å². The standard InChI is InChI=1S/C23H22N4O4S/c1-2-17-20(29)27(16-5-3-4-6-18(16)32-17)12-19(28)24-15-8-7-13-10-23(11-14(13)9-15)21(30)25-22(31)26-23/h3-9,17H,2,10-12H2,1H3,(H,24,28)(H2,25,26,30,31). The van der Waals surface area contributed by atoms with Crippen LogP contribution < -0.4 is 20.9 Å². The zero-order valence-electron chi connectivity index (χ0n) is 17.4. The van der Waals surface area contributed by atoms with Gasteiger partial charge in [0.25, 0.3) is 5.91 Å². The van der Waals surface area contributed by atoms with Crippen LogP contribution in [0.5, 0.6) is 0 Å². The van der Waals surface area contributed by atoms with Gasteiger partial charge in [0, 0.05) is 23.4 Å². The zero-order chi connectivity index (χ0) is 22.5. The van der Waals surface area contributed by atoms with E-state index < -0.39 is 11.6 Å². The van der Waals surface area contributed by atoms with E-state index in [0.717, 1.165) is 21.7 Å². The number of hydrogen-bond acceptors (Lipinski definition) is 5. The molecule has 9 heteroatoms. The molecule has 0 radical (unpaired) electrons. The van der Waals surface area contributed by atoms with Crippen LogP contribution in [0.25, 0.3) is 0 Å². The van der Waals surface area contributed by atoms with Crippen molar-refractivity contribution in [2.45, 2.75) is 41.9 Å². The lowest BCUT2D eigenvalue weighted by atomic mass is 9.96. The summed E-state index contributed by atoms with van der Waals surface area (Å²) < 4.78 is 0. The molecule has 2 aromatic carbocycles. The first-order chi connectivity index (χ1) is 15.4. The first kappa shape index (κ1) is 20.6. The molecule has 164 valence electrons. The number of thioether (sulfide) groups is 1. The summed E-state index contributed by atoms with van der Waals surface area (Å²) in [6.07, 6.45) is 1.48. The predicted molar refractivity (Wildman–Crippen MR) is 121 cm³/mol. The maximum absolute atomic E-state index is 12.9. The quantitative estimate of drug-likeness (QED) is 0.619. The van der Waals surface area contributed by atoms with Crippen molar-refractivity contribution in [3.8, 4) is 0 Å². The van der Waals surface area contributed by atoms with Gasteiger partial charge >= 0.3 is 6.03 Å². The van der Waals surface area contributed by atoms with Gasteiger partial charge in [-0.1, -0.05) is 25.1 Å². The maximum Gasteiger partial charge on any atom is 0.322 e. The summed E-state index contributed by atoms with van der Waals surface area (Å²) >= 11 is 1.54. The molecule has 1 spiro atoms. The summed E-state index contributed by atoms with van der Waals surface area (Å²) in [6.45, 7) is 1.89. The number of para-hydroxylation sites is 1. The van der Waals surface area contributed by atoms with Crippen molar-refractivity contribution >= 4 is 46.9 Å². The second kappa shape index (κ2) is 7.67. The highest BCUT2D eigenvalue weighted by Gasteiger charge is 2.50. The van der Waals surface area contributed by atoms with Crippen molar-refractivity contribution in [1.29, 1.82) is 0 Å². The lowest BCUT2D eigenvalue weighted by molar-refractivity contribution is -0.123. The van der Waals surface area contributed by atoms with E-state index in [4.69, 9.17) is 0 Å². The Balaban J connectivity index is 1.31. The van der Waals surface area contributed by atoms with E-state index in [-0.39, 0.29) is 29.5 Å². The van der Waals surface area contributed by atoms with Gasteiger partial charge in [0.05, 0.1) is 10.9 Å². The fraction of sp³-hybridized carbons (Fsp3) is 0.304. The van der Waals surface area contributed by atoms with Gasteiger partial charge in [-0.05, 0) is 41.8 Å². The molecular weight excluding hydrogens is 428 g/mol. The highest BCUT2D eigenvalue weighted by atomic mass is 32.2. The van der Waals surface area contributed by atoms with E-state index in [1.807, 2.05) is 43.3 Å². The van der Waals surface area contributed by atoms with Gasteiger partial charge in [-0.15, -0.1) is 11.8 Å². The van der Waals surface area contributed by atoms with Crippen molar-refractivity contribution in [2.24, 2.45) is 0 Å². The predicted octanol–water partition coefficient (Wildman–Crippen LogP) is 2.22. The van der Waals surface area contributed by atoms with Crippen LogP contribution in [0.1, 0.15) is 24.5 Å². The van der Waals surface area contributed by atoms with Crippen molar-refractivity contribution in [2.75, 3.05) is 16.8 Å². The summed E-state index contributed by atoms with van der Waals surface area (Å²) in [5.74, 6) is -0.686. The molecule has 1 saturated heterocycles. The van der Waals surface area contributed by atoms with Gasteiger partial charge in [-0.2, -0.15) is 0 Å². The third kappa shape index (κ3) is 3.42. The van der Waals surface area contributed by atoms with Crippen LogP contribution in [0.2, 0.25) is 0 Å². The molecule has 32 heavy (non-hydrogen) atoms. The van der Waals surface area contributed by atoms with Crippen LogP contribution in [0, 0.1) is 0 Å². The van der Waals surface area contributed by atoms with Crippen LogP contribution >= 0.6 is 11.8 Å². The van der Waals surface area contributed by atoms with E-state index in [2.05, 4.69) is 16.0 Å². The average molecular weight is 451 g/mol. The molecule has 1 aliphatic carbocycles. The molecule has 3 N–H and O–H groups in total. The fourth-order valence-corrected chi connectivity index (χ4v) is 5.73. The summed E-state index contributed by atoms with van der Waals surface area (Å²) in [7, 11) is 0. The number of anilines is 2. The molecule has 2 aliphatic heterocycles. The average Bonchev–Trinajstić information content (AvgIpc) is 3.26. The van der Waals surface area contributed by atoms with Gasteiger partial charge in [-0.3, -0.25) is 19.7 Å². The summed E-state index contributed by atoms with van der Waals surface area (Å²) in [4.78, 5) is 52.1. The molecule has 3 aliphatic rings. The molecule has 0 aromatic heterocycles. The molecule has 2 atom stereocenters. The molecule has 5 rings (SSSR count). The molecule has 2 aromatic rings. The summed E-state index contributed by atoms with van der Waals surface area (Å²) in [5.41, 5.74) is 2.26. The number of hydrogen-bond donors (Lipinski definition) is 3.